The number of hydrogen-bond donors (Lipinski definition) is 0. The van der Waals surface area contributed by atoms with Gasteiger partial charge >= 0.3 is 5.97 Å². The third-order valence-electron chi connectivity index (χ3n) is 8.37. The quantitative estimate of drug-likeness (QED) is 0.142. The second kappa shape index (κ2) is 9.01. The lowest BCUT2D eigenvalue weighted by molar-refractivity contribution is -0.189. The fourth-order valence-corrected chi connectivity index (χ4v) is 9.10. The van der Waals surface area contributed by atoms with Gasteiger partial charge in [0.15, 0.2) is 0 Å². The van der Waals surface area contributed by atoms with Crippen molar-refractivity contribution in [2.75, 3.05) is 32.5 Å². The summed E-state index contributed by atoms with van der Waals surface area (Å²) in [5, 5.41) is 0. The Morgan fingerprint density at radius 2 is 1.90 bits per heavy atom. The minimum Gasteiger partial charge on any atom is -0.465 e. The predicted octanol–water partition coefficient (Wildman–Crippen LogP) is 5.81. The standard InChI is InChI=1S/C24H40O4S2Si/c1-23-9-8-19(28-15-26-11-12-31(4,5)6)20-16-7-10-24(29-2,30-3)13-17(16)18(21(20)23)14-27-22(23)25/h18-21H,7-15H2,1-6H3/t18-,19-,20+,21+,23-/m1/s1. The molecule has 1 saturated carbocycles. The second-order valence-electron chi connectivity index (χ2n) is 11.3. The Bertz CT molecular complexity index is 730. The van der Waals surface area contributed by atoms with Crippen molar-refractivity contribution in [2.24, 2.45) is 23.2 Å². The minimum absolute atomic E-state index is 0.0180. The Balaban J connectivity index is 1.54. The molecule has 4 rings (SSSR count). The average molecular weight is 485 g/mol. The monoisotopic (exact) mass is 484 g/mol. The summed E-state index contributed by atoms with van der Waals surface area (Å²) in [5.41, 5.74) is 2.83. The zero-order valence-electron chi connectivity index (χ0n) is 20.1. The summed E-state index contributed by atoms with van der Waals surface area (Å²) >= 11 is 4.00. The molecule has 4 aliphatic rings. The SMILES string of the molecule is CSC1(SC)CCC2=C(C1)[C@H]1COC(=O)[C@]3(C)CC[C@@H](OCOCC[Si](C)(C)C)[C@H]2[C@H]13. The van der Waals surface area contributed by atoms with Crippen molar-refractivity contribution < 1.29 is 19.0 Å². The van der Waals surface area contributed by atoms with E-state index in [9.17, 15) is 4.79 Å². The molecule has 3 aliphatic carbocycles. The summed E-state index contributed by atoms with van der Waals surface area (Å²) in [6.45, 7) is 11.0. The van der Waals surface area contributed by atoms with Crippen molar-refractivity contribution in [2.45, 2.75) is 74.9 Å². The Hall–Kier alpha value is 0.0469. The van der Waals surface area contributed by atoms with Gasteiger partial charge in [-0.25, -0.2) is 0 Å². The predicted molar refractivity (Wildman–Crippen MR) is 133 cm³/mol. The highest BCUT2D eigenvalue weighted by molar-refractivity contribution is 8.17. The van der Waals surface area contributed by atoms with Crippen molar-refractivity contribution in [3.05, 3.63) is 11.1 Å². The van der Waals surface area contributed by atoms with E-state index in [-0.39, 0.29) is 21.6 Å². The van der Waals surface area contributed by atoms with Gasteiger partial charge in [0.2, 0.25) is 0 Å². The van der Waals surface area contributed by atoms with Gasteiger partial charge in [0.25, 0.3) is 0 Å². The minimum atomic E-state index is -1.09. The Kier molecular flexibility index (Phi) is 7.03. The fraction of sp³-hybridized carbons (Fsp3) is 0.875. The van der Waals surface area contributed by atoms with Crippen LogP contribution in [0.25, 0.3) is 0 Å². The first-order chi connectivity index (χ1) is 14.6. The summed E-state index contributed by atoms with van der Waals surface area (Å²) < 4.78 is 18.4. The molecule has 0 spiro atoms. The van der Waals surface area contributed by atoms with Crippen molar-refractivity contribution >= 4 is 37.6 Å². The lowest BCUT2D eigenvalue weighted by Gasteiger charge is -2.50. The Morgan fingerprint density at radius 1 is 1.16 bits per heavy atom. The Morgan fingerprint density at radius 3 is 2.58 bits per heavy atom. The van der Waals surface area contributed by atoms with Crippen molar-refractivity contribution in [3.8, 4) is 0 Å². The maximum absolute atomic E-state index is 12.9. The van der Waals surface area contributed by atoms with Crippen molar-refractivity contribution in [1.82, 2.24) is 0 Å². The topological polar surface area (TPSA) is 44.8 Å². The van der Waals surface area contributed by atoms with E-state index >= 15 is 0 Å². The lowest BCUT2D eigenvalue weighted by atomic mass is 9.58. The van der Waals surface area contributed by atoms with Crippen LogP contribution in [0.3, 0.4) is 0 Å². The molecule has 0 radical (unpaired) electrons. The molecule has 1 heterocycles. The molecule has 0 aromatic heterocycles. The average Bonchev–Trinajstić information content (AvgIpc) is 3.06. The van der Waals surface area contributed by atoms with Gasteiger partial charge in [0.05, 0.1) is 22.2 Å². The number of carbonyl (C=O) groups is 1. The molecule has 1 saturated heterocycles. The van der Waals surface area contributed by atoms with Crippen LogP contribution >= 0.6 is 23.5 Å². The molecule has 1 aliphatic heterocycles. The van der Waals surface area contributed by atoms with Gasteiger partial charge < -0.3 is 14.2 Å². The van der Waals surface area contributed by atoms with Gasteiger partial charge in [-0.15, -0.1) is 23.5 Å². The van der Waals surface area contributed by atoms with E-state index in [0.29, 0.717) is 31.2 Å². The van der Waals surface area contributed by atoms with Crippen LogP contribution in [-0.2, 0) is 19.0 Å². The highest BCUT2D eigenvalue weighted by atomic mass is 32.2. The smallest absolute Gasteiger partial charge is 0.312 e. The van der Waals surface area contributed by atoms with Crippen LogP contribution in [-0.4, -0.2) is 56.7 Å². The molecule has 0 bridgehead atoms. The number of thioether (sulfide) groups is 2. The summed E-state index contributed by atoms with van der Waals surface area (Å²) in [4.78, 5) is 12.9. The first-order valence-corrected chi connectivity index (χ1v) is 18.0. The van der Waals surface area contributed by atoms with Gasteiger partial charge in [-0.2, -0.15) is 0 Å². The molecular weight excluding hydrogens is 444 g/mol. The maximum Gasteiger partial charge on any atom is 0.312 e. The maximum atomic E-state index is 12.9. The van der Waals surface area contributed by atoms with Crippen LogP contribution in [0.1, 0.15) is 39.0 Å². The van der Waals surface area contributed by atoms with Crippen LogP contribution in [0.5, 0.6) is 0 Å². The van der Waals surface area contributed by atoms with Crippen LogP contribution in [0, 0.1) is 23.2 Å². The van der Waals surface area contributed by atoms with E-state index < -0.39 is 8.07 Å². The van der Waals surface area contributed by atoms with Gasteiger partial charge in [-0.1, -0.05) is 30.8 Å². The highest BCUT2D eigenvalue weighted by Crippen LogP contribution is 2.65. The lowest BCUT2D eigenvalue weighted by Crippen LogP contribution is -2.54. The summed E-state index contributed by atoms with van der Waals surface area (Å²) in [7, 11) is -1.09. The first kappa shape index (κ1) is 24.2. The van der Waals surface area contributed by atoms with Gasteiger partial charge in [0, 0.05) is 26.5 Å². The molecule has 31 heavy (non-hydrogen) atoms. The van der Waals surface area contributed by atoms with E-state index in [1.54, 1.807) is 11.1 Å². The third kappa shape index (κ3) is 4.43. The summed E-state index contributed by atoms with van der Waals surface area (Å²) in [5.74, 6) is 1.08. The van der Waals surface area contributed by atoms with Crippen LogP contribution in [0.4, 0.5) is 0 Å². The molecule has 0 aromatic rings. The fourth-order valence-electron chi connectivity index (χ4n) is 6.46. The molecular formula is C24H40O4S2Si. The highest BCUT2D eigenvalue weighted by Gasteiger charge is 2.63. The van der Waals surface area contributed by atoms with E-state index in [0.717, 1.165) is 32.3 Å². The number of rotatable bonds is 8. The van der Waals surface area contributed by atoms with Crippen molar-refractivity contribution in [1.29, 1.82) is 0 Å². The van der Waals surface area contributed by atoms with Crippen LogP contribution in [0.15, 0.2) is 11.1 Å². The van der Waals surface area contributed by atoms with Gasteiger partial charge in [0.1, 0.15) is 6.79 Å². The van der Waals surface area contributed by atoms with Gasteiger partial charge in [-0.3, -0.25) is 4.79 Å². The first-order valence-electron chi connectivity index (χ1n) is 11.8. The molecule has 5 atom stereocenters. The summed E-state index contributed by atoms with van der Waals surface area (Å²) in [6.07, 6.45) is 9.91. The van der Waals surface area contributed by atoms with Crippen molar-refractivity contribution in [3.63, 3.8) is 0 Å². The van der Waals surface area contributed by atoms with E-state index in [2.05, 4.69) is 39.1 Å². The number of esters is 1. The molecule has 0 amide bonds. The molecule has 0 aromatic carbocycles. The zero-order valence-corrected chi connectivity index (χ0v) is 22.8. The second-order valence-corrected chi connectivity index (χ2v) is 19.6. The largest absolute Gasteiger partial charge is 0.465 e. The zero-order chi connectivity index (χ0) is 22.4. The number of carbonyl (C=O) groups excluding carboxylic acids is 1. The molecule has 176 valence electrons. The molecule has 4 nitrogen and oxygen atoms in total. The summed E-state index contributed by atoms with van der Waals surface area (Å²) in [6, 6.07) is 1.17. The molecule has 0 unspecified atom stereocenters. The molecule has 2 fully saturated rings. The third-order valence-corrected chi connectivity index (χ3v) is 13.3. The number of fused-ring (bicyclic) bond motifs is 2. The van der Waals surface area contributed by atoms with Gasteiger partial charge in [-0.05, 0) is 63.5 Å². The van der Waals surface area contributed by atoms with E-state index in [1.165, 1.54) is 12.5 Å². The van der Waals surface area contributed by atoms with E-state index in [4.69, 9.17) is 14.2 Å². The number of hydrogen-bond acceptors (Lipinski definition) is 6. The number of ether oxygens (including phenoxy) is 3. The van der Waals surface area contributed by atoms with E-state index in [1.807, 2.05) is 23.5 Å². The number of cyclic esters (lactones) is 1. The molecule has 7 heteroatoms. The normalized spacial score (nSPS) is 36.8. The van der Waals surface area contributed by atoms with Crippen LogP contribution < -0.4 is 0 Å². The Labute approximate surface area is 198 Å². The molecule has 0 N–H and O–H groups in total. The van der Waals surface area contributed by atoms with Crippen LogP contribution in [0.2, 0.25) is 25.7 Å².